The van der Waals surface area contributed by atoms with Crippen LogP contribution in [0.1, 0.15) is 13.8 Å². The van der Waals surface area contributed by atoms with Crippen LogP contribution in [0.3, 0.4) is 0 Å². The molecule has 0 aromatic carbocycles. The second-order valence-corrected chi connectivity index (χ2v) is 3.08. The number of hydrogen-bond donors (Lipinski definition) is 0. The highest BCUT2D eigenvalue weighted by Gasteiger charge is 2.46. The first kappa shape index (κ1) is 9.27. The molecule has 0 radical (unpaired) electrons. The van der Waals surface area contributed by atoms with E-state index in [9.17, 15) is 13.2 Å². The summed E-state index contributed by atoms with van der Waals surface area (Å²) in [6.45, 7) is 2.31. The second kappa shape index (κ2) is 2.48. The quantitative estimate of drug-likeness (QED) is 0.577. The van der Waals surface area contributed by atoms with Crippen molar-refractivity contribution in [3.63, 3.8) is 0 Å². The normalized spacial score (nSPS) is 14.0. The summed E-state index contributed by atoms with van der Waals surface area (Å²) in [5, 5.41) is -0.0521. The van der Waals surface area contributed by atoms with Crippen molar-refractivity contribution in [3.05, 3.63) is 0 Å². The number of hydrogen-bond acceptors (Lipinski definition) is 0. The Balaban J connectivity index is 4.14. The topological polar surface area (TPSA) is 0 Å². The smallest absolute Gasteiger partial charge is 0.170 e. The van der Waals surface area contributed by atoms with Crippen molar-refractivity contribution in [2.24, 2.45) is 5.41 Å². The Morgan fingerprint density at radius 3 is 1.56 bits per heavy atom. The minimum absolute atomic E-state index is 0.0521. The van der Waals surface area contributed by atoms with Crippen LogP contribution in [0, 0.1) is 5.41 Å². The van der Waals surface area contributed by atoms with Crippen molar-refractivity contribution in [2.45, 2.75) is 20.0 Å². The van der Waals surface area contributed by atoms with Crippen molar-refractivity contribution in [1.82, 2.24) is 0 Å². The lowest BCUT2D eigenvalue weighted by atomic mass is 9.96. The maximum atomic E-state index is 11.8. The van der Waals surface area contributed by atoms with Gasteiger partial charge in [0.25, 0.3) is 0 Å². The van der Waals surface area contributed by atoms with Gasteiger partial charge in [-0.25, -0.2) is 0 Å². The van der Waals surface area contributed by atoms with E-state index in [1.54, 1.807) is 0 Å². The van der Waals surface area contributed by atoms with Gasteiger partial charge in [0, 0.05) is 5.33 Å². The molecule has 0 nitrogen and oxygen atoms in total. The fourth-order valence-corrected chi connectivity index (χ4v) is 0.394. The maximum absolute atomic E-state index is 11.8. The third-order valence-corrected chi connectivity index (χ3v) is 2.50. The molecule has 4 heteroatoms. The van der Waals surface area contributed by atoms with E-state index in [0.29, 0.717) is 0 Å². The summed E-state index contributed by atoms with van der Waals surface area (Å²) in [5.74, 6) is 0. The zero-order valence-electron chi connectivity index (χ0n) is 5.22. The van der Waals surface area contributed by atoms with Crippen LogP contribution in [0.25, 0.3) is 0 Å². The summed E-state index contributed by atoms with van der Waals surface area (Å²) in [6, 6.07) is 0. The molecule has 0 fully saturated rings. The van der Waals surface area contributed by atoms with Crippen molar-refractivity contribution >= 4 is 15.9 Å². The van der Waals surface area contributed by atoms with E-state index < -0.39 is 11.6 Å². The summed E-state index contributed by atoms with van der Waals surface area (Å²) >= 11 is 2.79. The highest BCUT2D eigenvalue weighted by molar-refractivity contribution is 9.09. The van der Waals surface area contributed by atoms with E-state index in [4.69, 9.17) is 0 Å². The molecule has 0 unspecified atom stereocenters. The molecule has 0 atom stereocenters. The van der Waals surface area contributed by atoms with Gasteiger partial charge in [0.15, 0.2) is 0 Å². The molecule has 0 aliphatic carbocycles. The molecule has 0 amide bonds. The lowest BCUT2D eigenvalue weighted by molar-refractivity contribution is -0.202. The summed E-state index contributed by atoms with van der Waals surface area (Å²) in [4.78, 5) is 0. The van der Waals surface area contributed by atoms with Crippen LogP contribution >= 0.6 is 15.9 Å². The van der Waals surface area contributed by atoms with Gasteiger partial charge in [-0.1, -0.05) is 29.8 Å². The molecule has 9 heavy (non-hydrogen) atoms. The minimum Gasteiger partial charge on any atom is -0.170 e. The van der Waals surface area contributed by atoms with E-state index in [1.165, 1.54) is 0 Å². The molecule has 0 aromatic rings. The Hall–Kier alpha value is 0.270. The van der Waals surface area contributed by atoms with Gasteiger partial charge in [0.1, 0.15) is 0 Å². The van der Waals surface area contributed by atoms with E-state index >= 15 is 0 Å². The van der Waals surface area contributed by atoms with Crippen molar-refractivity contribution in [3.8, 4) is 0 Å². The van der Waals surface area contributed by atoms with Crippen molar-refractivity contribution in [1.29, 1.82) is 0 Å². The van der Waals surface area contributed by atoms with Gasteiger partial charge in [-0.3, -0.25) is 0 Å². The highest BCUT2D eigenvalue weighted by Crippen LogP contribution is 2.38. The summed E-state index contributed by atoms with van der Waals surface area (Å²) in [7, 11) is 0. The molecule has 0 rings (SSSR count). The van der Waals surface area contributed by atoms with Crippen LogP contribution in [0.15, 0.2) is 0 Å². The van der Waals surface area contributed by atoms with E-state index in [1.807, 2.05) is 0 Å². The lowest BCUT2D eigenvalue weighted by Gasteiger charge is -2.24. The summed E-state index contributed by atoms with van der Waals surface area (Å²) in [5.41, 5.74) is -1.60. The molecule has 56 valence electrons. The molecule has 0 saturated carbocycles. The predicted octanol–water partition coefficient (Wildman–Crippen LogP) is 2.97. The SMILES string of the molecule is CC(C)(CBr)C(F)(F)F. The molecule has 0 aliphatic heterocycles. The van der Waals surface area contributed by atoms with Crippen molar-refractivity contribution < 1.29 is 13.2 Å². The third-order valence-electron chi connectivity index (χ3n) is 1.10. The monoisotopic (exact) mass is 204 g/mol. The zero-order valence-corrected chi connectivity index (χ0v) is 6.80. The average molecular weight is 205 g/mol. The average Bonchev–Trinajstić information content (AvgIpc) is 1.64. The van der Waals surface area contributed by atoms with Crippen LogP contribution in [-0.4, -0.2) is 11.5 Å². The van der Waals surface area contributed by atoms with Gasteiger partial charge < -0.3 is 0 Å². The molecule has 0 heterocycles. The van der Waals surface area contributed by atoms with Crippen LogP contribution in [0.5, 0.6) is 0 Å². The second-order valence-electron chi connectivity index (χ2n) is 2.52. The molecule has 0 bridgehead atoms. The Morgan fingerprint density at radius 1 is 1.22 bits per heavy atom. The number of halogens is 4. The van der Waals surface area contributed by atoms with Crippen LogP contribution in [-0.2, 0) is 0 Å². The van der Waals surface area contributed by atoms with Gasteiger partial charge in [-0.15, -0.1) is 0 Å². The van der Waals surface area contributed by atoms with Gasteiger partial charge in [0.05, 0.1) is 5.41 Å². The van der Waals surface area contributed by atoms with Crippen LogP contribution in [0.4, 0.5) is 13.2 Å². The first-order valence-electron chi connectivity index (χ1n) is 2.44. The molecule has 0 N–H and O–H groups in total. The first-order valence-corrected chi connectivity index (χ1v) is 3.56. The lowest BCUT2D eigenvalue weighted by Crippen LogP contribution is -2.33. The fraction of sp³-hybridized carbons (Fsp3) is 1.00. The zero-order chi connectivity index (χ0) is 7.71. The van der Waals surface area contributed by atoms with Gasteiger partial charge >= 0.3 is 6.18 Å². The summed E-state index contributed by atoms with van der Waals surface area (Å²) in [6.07, 6.45) is -4.10. The third kappa shape index (κ3) is 2.16. The predicted molar refractivity (Wildman–Crippen MR) is 33.6 cm³/mol. The van der Waals surface area contributed by atoms with Gasteiger partial charge in [-0.05, 0) is 0 Å². The van der Waals surface area contributed by atoms with E-state index in [0.717, 1.165) is 13.8 Å². The summed E-state index contributed by atoms with van der Waals surface area (Å²) < 4.78 is 35.4. The van der Waals surface area contributed by atoms with E-state index in [2.05, 4.69) is 15.9 Å². The minimum atomic E-state index is -4.10. The molecule has 0 aliphatic rings. The van der Waals surface area contributed by atoms with Crippen LogP contribution in [0.2, 0.25) is 0 Å². The molecule has 0 spiro atoms. The van der Waals surface area contributed by atoms with E-state index in [-0.39, 0.29) is 5.33 Å². The van der Waals surface area contributed by atoms with Crippen LogP contribution < -0.4 is 0 Å². The molecule has 0 saturated heterocycles. The first-order chi connectivity index (χ1) is 3.81. The molecule has 0 aromatic heterocycles. The maximum Gasteiger partial charge on any atom is 0.394 e. The Bertz CT molecular complexity index is 94.9. The Labute approximate surface area is 60.6 Å². The fourth-order valence-electron chi connectivity index (χ4n) is 0.0758. The largest absolute Gasteiger partial charge is 0.394 e. The van der Waals surface area contributed by atoms with Crippen molar-refractivity contribution in [2.75, 3.05) is 5.33 Å². The molecular formula is C5H8BrF3. The number of alkyl halides is 4. The Kier molecular flexibility index (Phi) is 2.56. The standard InChI is InChI=1S/C5H8BrF3/c1-4(2,3-6)5(7,8)9/h3H2,1-2H3. The number of rotatable bonds is 1. The Morgan fingerprint density at radius 2 is 1.56 bits per heavy atom. The highest BCUT2D eigenvalue weighted by atomic mass is 79.9. The van der Waals surface area contributed by atoms with Gasteiger partial charge in [0.2, 0.25) is 0 Å². The van der Waals surface area contributed by atoms with Gasteiger partial charge in [-0.2, -0.15) is 13.2 Å². The molecular weight excluding hydrogens is 197 g/mol.